The molecule has 0 aliphatic carbocycles. The van der Waals surface area contributed by atoms with Crippen LogP contribution in [0.4, 0.5) is 5.69 Å². The van der Waals surface area contributed by atoms with E-state index in [4.69, 9.17) is 10.8 Å². The summed E-state index contributed by atoms with van der Waals surface area (Å²) in [5, 5.41) is 9.00. The van der Waals surface area contributed by atoms with Crippen molar-refractivity contribution in [2.45, 2.75) is 25.9 Å². The van der Waals surface area contributed by atoms with Gasteiger partial charge in [0, 0.05) is 12.2 Å². The summed E-state index contributed by atoms with van der Waals surface area (Å²) in [5.41, 5.74) is 7.37. The second kappa shape index (κ2) is 5.51. The number of hydrogen-bond acceptors (Lipinski definition) is 3. The Labute approximate surface area is 95.7 Å². The number of nitrogen functional groups attached to an aromatic ring is 1. The number of nitrogens with two attached hydrogens (primary N) is 1. The number of nitrogens with zero attached hydrogens (tertiary/aromatic N) is 1. The second-order valence-corrected chi connectivity index (χ2v) is 3.92. The van der Waals surface area contributed by atoms with Crippen LogP contribution in [0.3, 0.4) is 0 Å². The van der Waals surface area contributed by atoms with Crippen molar-refractivity contribution >= 4 is 11.7 Å². The molecule has 1 aromatic rings. The van der Waals surface area contributed by atoms with Crippen LogP contribution in [-0.2, 0) is 11.3 Å². The molecule has 1 atom stereocenters. The molecule has 0 aliphatic heterocycles. The second-order valence-electron chi connectivity index (χ2n) is 3.92. The first-order valence-corrected chi connectivity index (χ1v) is 5.32. The van der Waals surface area contributed by atoms with Gasteiger partial charge in [0.25, 0.3) is 0 Å². The third kappa shape index (κ3) is 3.24. The van der Waals surface area contributed by atoms with Crippen LogP contribution >= 0.6 is 0 Å². The lowest BCUT2D eigenvalue weighted by molar-refractivity contribution is -0.143. The number of aliphatic carboxylic acids is 1. The topological polar surface area (TPSA) is 66.6 Å². The van der Waals surface area contributed by atoms with E-state index >= 15 is 0 Å². The molecule has 0 aromatic heterocycles. The third-order valence-corrected chi connectivity index (χ3v) is 2.62. The van der Waals surface area contributed by atoms with Crippen molar-refractivity contribution in [2.24, 2.45) is 0 Å². The van der Waals surface area contributed by atoms with Gasteiger partial charge in [-0.1, -0.05) is 19.1 Å². The molecule has 4 nitrogen and oxygen atoms in total. The van der Waals surface area contributed by atoms with Crippen LogP contribution in [0.5, 0.6) is 0 Å². The van der Waals surface area contributed by atoms with Crippen molar-refractivity contribution in [3.63, 3.8) is 0 Å². The summed E-state index contributed by atoms with van der Waals surface area (Å²) >= 11 is 0. The van der Waals surface area contributed by atoms with Gasteiger partial charge in [0.15, 0.2) is 0 Å². The maximum Gasteiger partial charge on any atom is 0.320 e. The molecule has 16 heavy (non-hydrogen) atoms. The van der Waals surface area contributed by atoms with Crippen LogP contribution < -0.4 is 5.73 Å². The molecular weight excluding hydrogens is 204 g/mol. The average molecular weight is 222 g/mol. The van der Waals surface area contributed by atoms with E-state index < -0.39 is 12.0 Å². The maximum atomic E-state index is 11.0. The molecule has 0 saturated heterocycles. The van der Waals surface area contributed by atoms with Crippen molar-refractivity contribution in [3.05, 3.63) is 29.8 Å². The van der Waals surface area contributed by atoms with E-state index in [1.165, 1.54) is 0 Å². The standard InChI is InChI=1S/C12H18N2O2/c1-3-11(12(15)16)14(2)8-9-4-6-10(13)7-5-9/h4-7,11H,3,8,13H2,1-2H3,(H,15,16). The monoisotopic (exact) mass is 222 g/mol. The highest BCUT2D eigenvalue weighted by Crippen LogP contribution is 2.11. The quantitative estimate of drug-likeness (QED) is 0.742. The number of likely N-dealkylation sites (N-methyl/N-ethyl adjacent to an activating group) is 1. The van der Waals surface area contributed by atoms with Gasteiger partial charge in [0.05, 0.1) is 0 Å². The number of carbonyl (C=O) groups is 1. The fourth-order valence-electron chi connectivity index (χ4n) is 1.70. The van der Waals surface area contributed by atoms with Crippen molar-refractivity contribution in [2.75, 3.05) is 12.8 Å². The molecule has 0 fully saturated rings. The lowest BCUT2D eigenvalue weighted by Gasteiger charge is -2.23. The molecule has 88 valence electrons. The fraction of sp³-hybridized carbons (Fsp3) is 0.417. The lowest BCUT2D eigenvalue weighted by atomic mass is 10.1. The van der Waals surface area contributed by atoms with Crippen LogP contribution in [0.25, 0.3) is 0 Å². The highest BCUT2D eigenvalue weighted by Gasteiger charge is 2.19. The Morgan fingerprint density at radius 2 is 2.00 bits per heavy atom. The minimum atomic E-state index is -0.777. The highest BCUT2D eigenvalue weighted by molar-refractivity contribution is 5.73. The molecule has 1 unspecified atom stereocenters. The summed E-state index contributed by atoms with van der Waals surface area (Å²) in [5.74, 6) is -0.777. The van der Waals surface area contributed by atoms with E-state index in [1.807, 2.05) is 43.1 Å². The number of anilines is 1. The largest absolute Gasteiger partial charge is 0.480 e. The van der Waals surface area contributed by atoms with Gasteiger partial charge >= 0.3 is 5.97 Å². The summed E-state index contributed by atoms with van der Waals surface area (Å²) in [4.78, 5) is 12.8. The molecule has 0 radical (unpaired) electrons. The van der Waals surface area contributed by atoms with Crippen LogP contribution in [-0.4, -0.2) is 29.1 Å². The van der Waals surface area contributed by atoms with Crippen molar-refractivity contribution in [1.29, 1.82) is 0 Å². The van der Waals surface area contributed by atoms with Gasteiger partial charge in [0.2, 0.25) is 0 Å². The highest BCUT2D eigenvalue weighted by atomic mass is 16.4. The molecule has 0 spiro atoms. The molecule has 0 aliphatic rings. The summed E-state index contributed by atoms with van der Waals surface area (Å²) in [7, 11) is 1.82. The Hall–Kier alpha value is -1.55. The fourth-order valence-corrected chi connectivity index (χ4v) is 1.70. The number of benzene rings is 1. The van der Waals surface area contributed by atoms with Crippen molar-refractivity contribution in [3.8, 4) is 0 Å². The lowest BCUT2D eigenvalue weighted by Crippen LogP contribution is -2.37. The maximum absolute atomic E-state index is 11.0. The van der Waals surface area contributed by atoms with Gasteiger partial charge in [0.1, 0.15) is 6.04 Å². The Bertz CT molecular complexity index is 349. The Kier molecular flexibility index (Phi) is 4.31. The van der Waals surface area contributed by atoms with Gasteiger partial charge in [-0.25, -0.2) is 0 Å². The zero-order valence-corrected chi connectivity index (χ0v) is 9.68. The first kappa shape index (κ1) is 12.5. The van der Waals surface area contributed by atoms with E-state index in [2.05, 4.69) is 0 Å². The summed E-state index contributed by atoms with van der Waals surface area (Å²) < 4.78 is 0. The Morgan fingerprint density at radius 1 is 1.44 bits per heavy atom. The Balaban J connectivity index is 2.66. The van der Waals surface area contributed by atoms with Crippen molar-refractivity contribution < 1.29 is 9.90 Å². The van der Waals surface area contributed by atoms with Gasteiger partial charge in [-0.2, -0.15) is 0 Å². The zero-order chi connectivity index (χ0) is 12.1. The van der Waals surface area contributed by atoms with Gasteiger partial charge < -0.3 is 10.8 Å². The smallest absolute Gasteiger partial charge is 0.320 e. The van der Waals surface area contributed by atoms with E-state index in [0.717, 1.165) is 11.3 Å². The number of hydrogen-bond donors (Lipinski definition) is 2. The molecule has 0 saturated carbocycles. The van der Waals surface area contributed by atoms with Gasteiger partial charge in [-0.05, 0) is 31.2 Å². The normalized spacial score (nSPS) is 12.7. The number of rotatable bonds is 5. The molecule has 0 amide bonds. The van der Waals surface area contributed by atoms with Crippen LogP contribution in [0.2, 0.25) is 0 Å². The SMILES string of the molecule is CCC(C(=O)O)N(C)Cc1ccc(N)cc1. The molecule has 0 heterocycles. The molecule has 1 aromatic carbocycles. The van der Waals surface area contributed by atoms with Crippen molar-refractivity contribution in [1.82, 2.24) is 4.90 Å². The summed E-state index contributed by atoms with van der Waals surface area (Å²) in [6.45, 7) is 2.49. The van der Waals surface area contributed by atoms with Crippen LogP contribution in [0, 0.1) is 0 Å². The Morgan fingerprint density at radius 3 is 2.44 bits per heavy atom. The third-order valence-electron chi connectivity index (χ3n) is 2.62. The summed E-state index contributed by atoms with van der Waals surface area (Å²) in [6, 6.07) is 7.05. The minimum Gasteiger partial charge on any atom is -0.480 e. The first-order valence-electron chi connectivity index (χ1n) is 5.32. The first-order chi connectivity index (χ1) is 7.54. The molecule has 1 rings (SSSR count). The molecule has 0 bridgehead atoms. The van der Waals surface area contributed by atoms with Gasteiger partial charge in [-0.15, -0.1) is 0 Å². The average Bonchev–Trinajstić information content (AvgIpc) is 2.22. The number of carboxylic acids is 1. The predicted octanol–water partition coefficient (Wildman–Crippen LogP) is 1.56. The molecular formula is C12H18N2O2. The number of carboxylic acid groups (broad SMARTS) is 1. The van der Waals surface area contributed by atoms with E-state index in [1.54, 1.807) is 0 Å². The predicted molar refractivity (Wildman–Crippen MR) is 64.0 cm³/mol. The van der Waals surface area contributed by atoms with Crippen LogP contribution in [0.1, 0.15) is 18.9 Å². The molecule has 4 heteroatoms. The molecule has 3 N–H and O–H groups in total. The van der Waals surface area contributed by atoms with E-state index in [9.17, 15) is 4.79 Å². The van der Waals surface area contributed by atoms with E-state index in [0.29, 0.717) is 13.0 Å². The minimum absolute atomic E-state index is 0.433. The summed E-state index contributed by atoms with van der Waals surface area (Å²) in [6.07, 6.45) is 0.598. The van der Waals surface area contributed by atoms with Gasteiger partial charge in [-0.3, -0.25) is 9.69 Å². The van der Waals surface area contributed by atoms with Crippen LogP contribution in [0.15, 0.2) is 24.3 Å². The zero-order valence-electron chi connectivity index (χ0n) is 9.68. The van der Waals surface area contributed by atoms with E-state index in [-0.39, 0.29) is 0 Å².